The monoisotopic (exact) mass is 236 g/mol. The summed E-state index contributed by atoms with van der Waals surface area (Å²) in [4.78, 5) is 26.8. The quantitative estimate of drug-likeness (QED) is 0.865. The molecule has 2 rings (SSSR count). The summed E-state index contributed by atoms with van der Waals surface area (Å²) in [6.07, 6.45) is 5.46. The lowest BCUT2D eigenvalue weighted by Crippen LogP contribution is -2.26. The third-order valence-electron chi connectivity index (χ3n) is 3.34. The molecular formula is C12H16N2O3. The zero-order valence-electron chi connectivity index (χ0n) is 9.85. The molecular weight excluding hydrogens is 220 g/mol. The molecule has 92 valence electrons. The van der Waals surface area contributed by atoms with E-state index in [9.17, 15) is 14.7 Å². The van der Waals surface area contributed by atoms with E-state index in [1.807, 2.05) is 0 Å². The first-order valence-corrected chi connectivity index (χ1v) is 5.98. The fourth-order valence-corrected chi connectivity index (χ4v) is 2.41. The predicted molar refractivity (Wildman–Crippen MR) is 62.3 cm³/mol. The maximum absolute atomic E-state index is 11.7. The van der Waals surface area contributed by atoms with Crippen LogP contribution in [0.4, 0.5) is 0 Å². The molecule has 5 nitrogen and oxygen atoms in total. The smallest absolute Gasteiger partial charge is 0.347 e. The van der Waals surface area contributed by atoms with Crippen LogP contribution in [0.3, 0.4) is 0 Å². The number of hydrogen-bond donors (Lipinski definition) is 1. The van der Waals surface area contributed by atoms with Crippen molar-refractivity contribution in [1.29, 1.82) is 0 Å². The van der Waals surface area contributed by atoms with Crippen molar-refractivity contribution in [3.63, 3.8) is 0 Å². The number of aromatic nitrogens is 2. The molecule has 0 unspecified atom stereocenters. The van der Waals surface area contributed by atoms with E-state index >= 15 is 0 Å². The number of aryl methyl sites for hydroxylation is 1. The second-order valence-corrected chi connectivity index (χ2v) is 4.39. The molecule has 1 aromatic rings. The number of carboxylic acids is 1. The molecule has 1 aliphatic carbocycles. The molecule has 1 heterocycles. The van der Waals surface area contributed by atoms with Crippen molar-refractivity contribution >= 4 is 5.97 Å². The van der Waals surface area contributed by atoms with Gasteiger partial charge >= 0.3 is 11.7 Å². The van der Waals surface area contributed by atoms with Crippen LogP contribution in [0.5, 0.6) is 0 Å². The van der Waals surface area contributed by atoms with Crippen molar-refractivity contribution in [2.24, 2.45) is 0 Å². The fraction of sp³-hybridized carbons (Fsp3) is 0.583. The Kier molecular flexibility index (Phi) is 3.26. The molecule has 0 atom stereocenters. The van der Waals surface area contributed by atoms with E-state index in [-0.39, 0.29) is 17.2 Å². The third kappa shape index (κ3) is 2.23. The molecule has 0 radical (unpaired) electrons. The Bertz CT molecular complexity index is 487. The summed E-state index contributed by atoms with van der Waals surface area (Å²) in [7, 11) is 0. The van der Waals surface area contributed by atoms with Crippen LogP contribution in [-0.4, -0.2) is 20.6 Å². The lowest BCUT2D eigenvalue weighted by Gasteiger charge is -2.12. The maximum atomic E-state index is 11.7. The summed E-state index contributed by atoms with van der Waals surface area (Å²) in [5.74, 6) is -0.859. The number of carbonyl (C=O) groups is 1. The summed E-state index contributed by atoms with van der Waals surface area (Å²) >= 11 is 0. The Morgan fingerprint density at radius 3 is 2.71 bits per heavy atom. The minimum atomic E-state index is -0.999. The van der Waals surface area contributed by atoms with E-state index in [1.165, 1.54) is 10.8 Å². The first kappa shape index (κ1) is 11.8. The second-order valence-electron chi connectivity index (χ2n) is 4.39. The zero-order chi connectivity index (χ0) is 12.4. The molecule has 0 aromatic carbocycles. The molecule has 17 heavy (non-hydrogen) atoms. The minimum absolute atomic E-state index is 0.139. The zero-order valence-corrected chi connectivity index (χ0v) is 9.85. The lowest BCUT2D eigenvalue weighted by molar-refractivity contribution is 0.0693. The van der Waals surface area contributed by atoms with E-state index in [1.54, 1.807) is 6.92 Å². The Balaban J connectivity index is 2.52. The van der Waals surface area contributed by atoms with Crippen LogP contribution in [0.15, 0.2) is 11.0 Å². The molecule has 1 saturated carbocycles. The predicted octanol–water partition coefficient (Wildman–Crippen LogP) is 1.62. The first-order chi connectivity index (χ1) is 8.13. The Labute approximate surface area is 99.1 Å². The second kappa shape index (κ2) is 4.69. The van der Waals surface area contributed by atoms with Gasteiger partial charge in [0.15, 0.2) is 0 Å². The van der Waals surface area contributed by atoms with Gasteiger partial charge in [-0.15, -0.1) is 0 Å². The van der Waals surface area contributed by atoms with Gasteiger partial charge in [-0.25, -0.2) is 9.59 Å². The molecule has 0 saturated heterocycles. The Morgan fingerprint density at radius 2 is 2.18 bits per heavy atom. The average Bonchev–Trinajstić information content (AvgIpc) is 2.81. The van der Waals surface area contributed by atoms with Gasteiger partial charge in [-0.3, -0.25) is 4.57 Å². The third-order valence-corrected chi connectivity index (χ3v) is 3.34. The summed E-state index contributed by atoms with van der Waals surface area (Å²) in [5.41, 5.74) is 0.308. The Morgan fingerprint density at radius 1 is 1.53 bits per heavy atom. The number of aromatic carboxylic acids is 1. The molecule has 1 fully saturated rings. The summed E-state index contributed by atoms with van der Waals surface area (Å²) in [6.45, 7) is 2.24. The molecule has 0 amide bonds. The number of hydrogen-bond acceptors (Lipinski definition) is 3. The highest BCUT2D eigenvalue weighted by Gasteiger charge is 2.25. The minimum Gasteiger partial charge on any atom is -0.478 e. The van der Waals surface area contributed by atoms with Gasteiger partial charge in [0.05, 0.1) is 11.3 Å². The van der Waals surface area contributed by atoms with Gasteiger partial charge in [0.2, 0.25) is 0 Å². The maximum Gasteiger partial charge on any atom is 0.347 e. The molecule has 0 spiro atoms. The van der Waals surface area contributed by atoms with Crippen LogP contribution in [0, 0.1) is 0 Å². The largest absolute Gasteiger partial charge is 0.478 e. The van der Waals surface area contributed by atoms with Crippen LogP contribution >= 0.6 is 0 Å². The topological polar surface area (TPSA) is 72.2 Å². The van der Waals surface area contributed by atoms with Gasteiger partial charge in [-0.05, 0) is 19.8 Å². The van der Waals surface area contributed by atoms with Crippen LogP contribution < -0.4 is 5.69 Å². The van der Waals surface area contributed by atoms with Crippen molar-refractivity contribution in [3.05, 3.63) is 27.9 Å². The van der Waals surface area contributed by atoms with Crippen LogP contribution in [0.2, 0.25) is 0 Å². The number of carboxylic acid groups (broad SMARTS) is 1. The first-order valence-electron chi connectivity index (χ1n) is 5.98. The van der Waals surface area contributed by atoms with Gasteiger partial charge in [0, 0.05) is 18.7 Å². The van der Waals surface area contributed by atoms with Crippen molar-refractivity contribution in [2.75, 3.05) is 0 Å². The van der Waals surface area contributed by atoms with E-state index < -0.39 is 5.97 Å². The van der Waals surface area contributed by atoms with E-state index in [0.29, 0.717) is 12.2 Å². The molecule has 0 aliphatic heterocycles. The van der Waals surface area contributed by atoms with Gasteiger partial charge in [-0.2, -0.15) is 4.98 Å². The molecule has 1 aromatic heterocycles. The van der Waals surface area contributed by atoms with Gasteiger partial charge < -0.3 is 5.11 Å². The average molecular weight is 236 g/mol. The molecule has 5 heteroatoms. The van der Waals surface area contributed by atoms with Crippen LogP contribution in [0.25, 0.3) is 0 Å². The highest BCUT2D eigenvalue weighted by Crippen LogP contribution is 2.34. The van der Waals surface area contributed by atoms with Crippen molar-refractivity contribution in [3.8, 4) is 0 Å². The SMILES string of the molecule is CCn1cc(C(=O)O)c(C2CCCC2)nc1=O. The van der Waals surface area contributed by atoms with Crippen LogP contribution in [-0.2, 0) is 6.54 Å². The van der Waals surface area contributed by atoms with Gasteiger partial charge in [-0.1, -0.05) is 12.8 Å². The highest BCUT2D eigenvalue weighted by atomic mass is 16.4. The lowest BCUT2D eigenvalue weighted by atomic mass is 9.99. The number of nitrogens with zero attached hydrogens (tertiary/aromatic N) is 2. The van der Waals surface area contributed by atoms with E-state index in [2.05, 4.69) is 4.98 Å². The van der Waals surface area contributed by atoms with Gasteiger partial charge in [0.1, 0.15) is 0 Å². The van der Waals surface area contributed by atoms with Crippen molar-refractivity contribution in [1.82, 2.24) is 9.55 Å². The fourth-order valence-electron chi connectivity index (χ4n) is 2.41. The standard InChI is InChI=1S/C12H16N2O3/c1-2-14-7-9(11(15)16)10(13-12(14)17)8-5-3-4-6-8/h7-8H,2-6H2,1H3,(H,15,16). The van der Waals surface area contributed by atoms with Crippen molar-refractivity contribution < 1.29 is 9.90 Å². The van der Waals surface area contributed by atoms with Crippen molar-refractivity contribution in [2.45, 2.75) is 45.1 Å². The van der Waals surface area contributed by atoms with E-state index in [4.69, 9.17) is 0 Å². The number of rotatable bonds is 3. The van der Waals surface area contributed by atoms with Gasteiger partial charge in [0.25, 0.3) is 0 Å². The highest BCUT2D eigenvalue weighted by molar-refractivity contribution is 5.88. The van der Waals surface area contributed by atoms with Crippen LogP contribution in [0.1, 0.15) is 54.6 Å². The normalized spacial score (nSPS) is 16.3. The summed E-state index contributed by atoms with van der Waals surface area (Å²) in [5, 5.41) is 9.18. The van der Waals surface area contributed by atoms with E-state index in [0.717, 1.165) is 25.7 Å². The Hall–Kier alpha value is -1.65. The molecule has 0 bridgehead atoms. The summed E-state index contributed by atoms with van der Waals surface area (Å²) < 4.78 is 1.34. The summed E-state index contributed by atoms with van der Waals surface area (Å²) in [6, 6.07) is 0. The molecule has 1 N–H and O–H groups in total. The molecule has 1 aliphatic rings.